The standard InChI is InChI=1S/C11H22F2N2O/c1-10(2)9-15-5-3-14(4-6-15)7-8-16-11(12)13/h10-11H,3-9H2,1-2H3. The average Bonchev–Trinajstić information content (AvgIpc) is 2.19. The summed E-state index contributed by atoms with van der Waals surface area (Å²) >= 11 is 0. The largest absolute Gasteiger partial charge is 0.345 e. The van der Waals surface area contributed by atoms with E-state index in [9.17, 15) is 8.78 Å². The number of rotatable bonds is 6. The Labute approximate surface area is 96.3 Å². The van der Waals surface area contributed by atoms with Crippen LogP contribution in [-0.4, -0.2) is 62.3 Å². The van der Waals surface area contributed by atoms with Crippen molar-refractivity contribution < 1.29 is 13.5 Å². The third kappa shape index (κ3) is 5.72. The minimum Gasteiger partial charge on any atom is -0.322 e. The number of alkyl halides is 2. The van der Waals surface area contributed by atoms with Crippen LogP contribution >= 0.6 is 0 Å². The molecule has 1 aliphatic heterocycles. The molecule has 0 amide bonds. The summed E-state index contributed by atoms with van der Waals surface area (Å²) in [6, 6.07) is 0. The summed E-state index contributed by atoms with van der Waals surface area (Å²) in [6.45, 7) is 7.63. The number of hydrogen-bond donors (Lipinski definition) is 0. The molecule has 0 bridgehead atoms. The maximum Gasteiger partial charge on any atom is 0.345 e. The Hall–Kier alpha value is -0.260. The van der Waals surface area contributed by atoms with E-state index in [4.69, 9.17) is 0 Å². The van der Waals surface area contributed by atoms with Gasteiger partial charge < -0.3 is 9.64 Å². The zero-order chi connectivity index (χ0) is 12.0. The maximum absolute atomic E-state index is 11.7. The Morgan fingerprint density at radius 1 is 1.06 bits per heavy atom. The maximum atomic E-state index is 11.7. The molecule has 0 N–H and O–H groups in total. The lowest BCUT2D eigenvalue weighted by Crippen LogP contribution is -2.48. The van der Waals surface area contributed by atoms with Crippen LogP contribution in [0.3, 0.4) is 0 Å². The second-order valence-electron chi connectivity index (χ2n) is 4.67. The predicted molar refractivity (Wildman–Crippen MR) is 59.7 cm³/mol. The van der Waals surface area contributed by atoms with Crippen molar-refractivity contribution in [3.63, 3.8) is 0 Å². The van der Waals surface area contributed by atoms with Gasteiger partial charge in [0.25, 0.3) is 0 Å². The van der Waals surface area contributed by atoms with Crippen LogP contribution in [0.1, 0.15) is 13.8 Å². The second-order valence-corrected chi connectivity index (χ2v) is 4.67. The molecule has 1 aliphatic rings. The van der Waals surface area contributed by atoms with Gasteiger partial charge in [0.2, 0.25) is 0 Å². The zero-order valence-corrected chi connectivity index (χ0v) is 10.2. The van der Waals surface area contributed by atoms with Crippen LogP contribution in [0.2, 0.25) is 0 Å². The molecular formula is C11H22F2N2O. The molecule has 0 aromatic rings. The Kier molecular flexibility index (Phi) is 6.16. The van der Waals surface area contributed by atoms with Crippen molar-refractivity contribution in [3.8, 4) is 0 Å². The average molecular weight is 236 g/mol. The molecule has 1 rings (SSSR count). The normalized spacial score (nSPS) is 19.9. The van der Waals surface area contributed by atoms with Crippen LogP contribution in [-0.2, 0) is 4.74 Å². The van der Waals surface area contributed by atoms with Crippen LogP contribution in [0.5, 0.6) is 0 Å². The Balaban J connectivity index is 2.07. The number of nitrogens with zero attached hydrogens (tertiary/aromatic N) is 2. The van der Waals surface area contributed by atoms with E-state index in [-0.39, 0.29) is 6.61 Å². The molecule has 0 aliphatic carbocycles. The Morgan fingerprint density at radius 3 is 2.12 bits per heavy atom. The van der Waals surface area contributed by atoms with E-state index in [1.165, 1.54) is 0 Å². The summed E-state index contributed by atoms with van der Waals surface area (Å²) in [6.07, 6.45) is 0. The van der Waals surface area contributed by atoms with E-state index in [1.807, 2.05) is 0 Å². The fourth-order valence-corrected chi connectivity index (χ4v) is 1.98. The second kappa shape index (κ2) is 7.14. The van der Waals surface area contributed by atoms with Gasteiger partial charge in [0, 0.05) is 39.3 Å². The molecule has 1 saturated heterocycles. The molecule has 5 heteroatoms. The van der Waals surface area contributed by atoms with E-state index >= 15 is 0 Å². The van der Waals surface area contributed by atoms with Gasteiger partial charge in [-0.15, -0.1) is 0 Å². The van der Waals surface area contributed by atoms with Crippen molar-refractivity contribution in [2.45, 2.75) is 20.5 Å². The van der Waals surface area contributed by atoms with Crippen LogP contribution < -0.4 is 0 Å². The molecule has 0 aromatic heterocycles. The van der Waals surface area contributed by atoms with E-state index < -0.39 is 6.61 Å². The minimum atomic E-state index is -2.64. The van der Waals surface area contributed by atoms with Crippen molar-refractivity contribution in [2.75, 3.05) is 45.9 Å². The monoisotopic (exact) mass is 236 g/mol. The molecule has 0 atom stereocenters. The number of hydrogen-bond acceptors (Lipinski definition) is 3. The van der Waals surface area contributed by atoms with Crippen LogP contribution in [0.4, 0.5) is 8.78 Å². The smallest absolute Gasteiger partial charge is 0.322 e. The van der Waals surface area contributed by atoms with Crippen molar-refractivity contribution in [1.29, 1.82) is 0 Å². The molecule has 3 nitrogen and oxygen atoms in total. The lowest BCUT2D eigenvalue weighted by atomic mass is 10.2. The quantitative estimate of drug-likeness (QED) is 0.695. The van der Waals surface area contributed by atoms with Gasteiger partial charge in [0.15, 0.2) is 0 Å². The fraction of sp³-hybridized carbons (Fsp3) is 1.00. The van der Waals surface area contributed by atoms with Crippen molar-refractivity contribution >= 4 is 0 Å². The summed E-state index contributed by atoms with van der Waals surface area (Å²) < 4.78 is 27.7. The van der Waals surface area contributed by atoms with Gasteiger partial charge >= 0.3 is 6.61 Å². The molecule has 0 unspecified atom stereocenters. The zero-order valence-electron chi connectivity index (χ0n) is 10.2. The first kappa shape index (κ1) is 13.8. The summed E-state index contributed by atoms with van der Waals surface area (Å²) in [5.74, 6) is 0.689. The van der Waals surface area contributed by atoms with E-state index in [2.05, 4.69) is 28.4 Å². The molecule has 16 heavy (non-hydrogen) atoms. The highest BCUT2D eigenvalue weighted by molar-refractivity contribution is 4.72. The Bertz CT molecular complexity index is 183. The lowest BCUT2D eigenvalue weighted by Gasteiger charge is -2.35. The predicted octanol–water partition coefficient (Wildman–Crippen LogP) is 1.50. The molecule has 0 spiro atoms. The van der Waals surface area contributed by atoms with Gasteiger partial charge in [-0.05, 0) is 5.92 Å². The van der Waals surface area contributed by atoms with Crippen molar-refractivity contribution in [1.82, 2.24) is 9.80 Å². The molecule has 0 aromatic carbocycles. The van der Waals surface area contributed by atoms with E-state index in [1.54, 1.807) is 0 Å². The molecule has 96 valence electrons. The van der Waals surface area contributed by atoms with Gasteiger partial charge in [-0.1, -0.05) is 13.8 Å². The van der Waals surface area contributed by atoms with E-state index in [0.717, 1.165) is 32.7 Å². The van der Waals surface area contributed by atoms with Crippen LogP contribution in [0.15, 0.2) is 0 Å². The van der Waals surface area contributed by atoms with Crippen molar-refractivity contribution in [3.05, 3.63) is 0 Å². The molecular weight excluding hydrogens is 214 g/mol. The summed E-state index contributed by atoms with van der Waals surface area (Å²) in [5, 5.41) is 0. The third-order valence-corrected chi connectivity index (χ3v) is 2.74. The molecule has 0 radical (unpaired) electrons. The fourth-order valence-electron chi connectivity index (χ4n) is 1.98. The van der Waals surface area contributed by atoms with Crippen molar-refractivity contribution in [2.24, 2.45) is 5.92 Å². The van der Waals surface area contributed by atoms with Gasteiger partial charge in [-0.2, -0.15) is 8.78 Å². The highest BCUT2D eigenvalue weighted by atomic mass is 19.3. The first-order valence-electron chi connectivity index (χ1n) is 5.92. The number of ether oxygens (including phenoxy) is 1. The first-order chi connectivity index (χ1) is 7.58. The first-order valence-corrected chi connectivity index (χ1v) is 5.92. The number of halogens is 2. The Morgan fingerprint density at radius 2 is 1.62 bits per heavy atom. The minimum absolute atomic E-state index is 0.127. The summed E-state index contributed by atoms with van der Waals surface area (Å²) in [7, 11) is 0. The van der Waals surface area contributed by atoms with Gasteiger partial charge in [0.05, 0.1) is 6.61 Å². The lowest BCUT2D eigenvalue weighted by molar-refractivity contribution is -0.132. The molecule has 1 heterocycles. The molecule has 0 saturated carbocycles. The van der Waals surface area contributed by atoms with Gasteiger partial charge in [-0.3, -0.25) is 4.90 Å². The SMILES string of the molecule is CC(C)CN1CCN(CCOC(F)F)CC1. The van der Waals surface area contributed by atoms with Crippen LogP contribution in [0, 0.1) is 5.92 Å². The molecule has 1 fully saturated rings. The third-order valence-electron chi connectivity index (χ3n) is 2.74. The van der Waals surface area contributed by atoms with Gasteiger partial charge in [0.1, 0.15) is 0 Å². The highest BCUT2D eigenvalue weighted by Gasteiger charge is 2.17. The van der Waals surface area contributed by atoms with E-state index in [0.29, 0.717) is 12.5 Å². The van der Waals surface area contributed by atoms with Crippen LogP contribution in [0.25, 0.3) is 0 Å². The van der Waals surface area contributed by atoms with Gasteiger partial charge in [-0.25, -0.2) is 0 Å². The highest BCUT2D eigenvalue weighted by Crippen LogP contribution is 2.05. The topological polar surface area (TPSA) is 15.7 Å². The summed E-state index contributed by atoms with van der Waals surface area (Å²) in [5.41, 5.74) is 0. The number of piperazine rings is 1. The summed E-state index contributed by atoms with van der Waals surface area (Å²) in [4.78, 5) is 4.61.